The van der Waals surface area contributed by atoms with Crippen LogP contribution in [-0.4, -0.2) is 15.9 Å². The van der Waals surface area contributed by atoms with Crippen molar-refractivity contribution in [3.05, 3.63) is 94.9 Å². The monoisotopic (exact) mass is 373 g/mol. The number of pyridine rings is 1. The van der Waals surface area contributed by atoms with E-state index in [1.165, 1.54) is 29.7 Å². The summed E-state index contributed by atoms with van der Waals surface area (Å²) in [5, 5.41) is 3.33. The van der Waals surface area contributed by atoms with Gasteiger partial charge in [-0.25, -0.2) is 4.98 Å². The predicted molar refractivity (Wildman–Crippen MR) is 108 cm³/mol. The summed E-state index contributed by atoms with van der Waals surface area (Å²) in [6, 6.07) is 22.6. The van der Waals surface area contributed by atoms with Gasteiger partial charge in [-0.1, -0.05) is 72.0 Å². The molecule has 2 aromatic carbocycles. The topological polar surface area (TPSA) is 74.8 Å². The molecule has 0 radical (unpaired) electrons. The first-order chi connectivity index (χ1) is 13.2. The number of hydrogen-bond acceptors (Lipinski definition) is 4. The number of anilines is 1. The van der Waals surface area contributed by atoms with Crippen molar-refractivity contribution >= 4 is 22.4 Å². The van der Waals surface area contributed by atoms with Crippen LogP contribution in [0, 0.1) is 0 Å². The molecule has 27 heavy (non-hydrogen) atoms. The zero-order valence-corrected chi connectivity index (χ0v) is 15.0. The van der Waals surface area contributed by atoms with E-state index < -0.39 is 0 Å². The molecule has 2 N–H and O–H groups in total. The number of aromatic nitrogens is 2. The molecule has 2 heterocycles. The van der Waals surface area contributed by atoms with E-state index in [9.17, 15) is 9.59 Å². The molecular weight excluding hydrogens is 358 g/mol. The first-order valence-corrected chi connectivity index (χ1v) is 9.14. The van der Waals surface area contributed by atoms with Crippen LogP contribution in [0.3, 0.4) is 0 Å². The van der Waals surface area contributed by atoms with E-state index in [0.717, 1.165) is 21.7 Å². The van der Waals surface area contributed by atoms with E-state index in [1.54, 1.807) is 0 Å². The average Bonchev–Trinajstić information content (AvgIpc) is 3.13. The minimum Gasteiger partial charge on any atom is -0.328 e. The first kappa shape index (κ1) is 16.9. The third-order valence-corrected chi connectivity index (χ3v) is 5.00. The van der Waals surface area contributed by atoms with Crippen molar-refractivity contribution in [3.8, 4) is 21.7 Å². The van der Waals surface area contributed by atoms with Gasteiger partial charge in [0.1, 0.15) is 0 Å². The number of H-pyrrole nitrogens is 1. The van der Waals surface area contributed by atoms with Crippen LogP contribution in [0.1, 0.15) is 10.4 Å². The third-order valence-electron chi connectivity index (χ3n) is 3.98. The summed E-state index contributed by atoms with van der Waals surface area (Å²) < 4.78 is 0. The fourth-order valence-electron chi connectivity index (χ4n) is 2.67. The van der Waals surface area contributed by atoms with Crippen LogP contribution >= 0.6 is 11.3 Å². The number of hydrogen-bond donors (Lipinski definition) is 2. The molecule has 0 bridgehead atoms. The Morgan fingerprint density at radius 2 is 1.56 bits per heavy atom. The highest BCUT2D eigenvalue weighted by atomic mass is 32.1. The molecule has 0 saturated carbocycles. The lowest BCUT2D eigenvalue weighted by atomic mass is 10.1. The molecule has 0 aliphatic carbocycles. The lowest BCUT2D eigenvalue weighted by Gasteiger charge is -2.02. The summed E-state index contributed by atoms with van der Waals surface area (Å²) in [6.45, 7) is 0. The molecule has 4 aromatic rings. The number of carbonyl (C=O) groups is 1. The van der Waals surface area contributed by atoms with Gasteiger partial charge in [-0.2, -0.15) is 0 Å². The summed E-state index contributed by atoms with van der Waals surface area (Å²) in [5.41, 5.74) is 2.96. The minimum atomic E-state index is -0.320. The van der Waals surface area contributed by atoms with Gasteiger partial charge in [-0.3, -0.25) is 14.9 Å². The minimum absolute atomic E-state index is 0.251. The van der Waals surface area contributed by atoms with E-state index in [4.69, 9.17) is 0 Å². The number of benzene rings is 2. The Hall–Kier alpha value is -3.51. The number of nitrogens with zero attached hydrogens (tertiary/aromatic N) is 1. The SMILES string of the molecule is O=C(Nc1nc(-c2ccccc2)c(-c2ccccc2)s1)c1ccc(=O)[nH]c1. The van der Waals surface area contributed by atoms with E-state index in [-0.39, 0.29) is 11.5 Å². The van der Waals surface area contributed by atoms with Gasteiger partial charge in [0.15, 0.2) is 5.13 Å². The molecule has 0 aliphatic rings. The van der Waals surface area contributed by atoms with Crippen LogP contribution in [-0.2, 0) is 0 Å². The van der Waals surface area contributed by atoms with Gasteiger partial charge in [0.25, 0.3) is 5.91 Å². The molecule has 0 unspecified atom stereocenters. The van der Waals surface area contributed by atoms with E-state index >= 15 is 0 Å². The quantitative estimate of drug-likeness (QED) is 0.556. The normalized spacial score (nSPS) is 10.5. The highest BCUT2D eigenvalue weighted by Crippen LogP contribution is 2.38. The van der Waals surface area contributed by atoms with Gasteiger partial charge < -0.3 is 4.98 Å². The van der Waals surface area contributed by atoms with E-state index in [2.05, 4.69) is 15.3 Å². The first-order valence-electron chi connectivity index (χ1n) is 8.32. The summed E-state index contributed by atoms with van der Waals surface area (Å²) in [4.78, 5) is 31.8. The van der Waals surface area contributed by atoms with Crippen molar-refractivity contribution in [2.24, 2.45) is 0 Å². The van der Waals surface area contributed by atoms with Crippen LogP contribution in [0.15, 0.2) is 83.8 Å². The van der Waals surface area contributed by atoms with Crippen LogP contribution in [0.4, 0.5) is 5.13 Å². The van der Waals surface area contributed by atoms with Gasteiger partial charge in [-0.15, -0.1) is 0 Å². The second-order valence-corrected chi connectivity index (χ2v) is 6.82. The molecule has 0 saturated heterocycles. The Labute approximate surface area is 159 Å². The van der Waals surface area contributed by atoms with E-state index in [1.807, 2.05) is 60.7 Å². The van der Waals surface area contributed by atoms with Gasteiger partial charge in [0.05, 0.1) is 16.1 Å². The number of carbonyl (C=O) groups excluding carboxylic acids is 1. The fraction of sp³-hybridized carbons (Fsp3) is 0. The smallest absolute Gasteiger partial charge is 0.258 e. The number of thiazole rings is 1. The lowest BCUT2D eigenvalue weighted by Crippen LogP contribution is -2.14. The molecule has 0 atom stereocenters. The molecule has 1 amide bonds. The number of nitrogens with one attached hydrogen (secondary N) is 2. The second kappa shape index (κ2) is 7.39. The number of amides is 1. The van der Waals surface area contributed by atoms with Gasteiger partial charge >= 0.3 is 0 Å². The molecule has 4 rings (SSSR count). The van der Waals surface area contributed by atoms with Crippen LogP contribution in [0.5, 0.6) is 0 Å². The van der Waals surface area contributed by atoms with Crippen molar-refractivity contribution in [3.63, 3.8) is 0 Å². The summed E-state index contributed by atoms with van der Waals surface area (Å²) in [7, 11) is 0. The Balaban J connectivity index is 1.72. The van der Waals surface area contributed by atoms with Gasteiger partial charge in [-0.05, 0) is 11.6 Å². The maximum absolute atomic E-state index is 12.5. The summed E-state index contributed by atoms with van der Waals surface area (Å²) in [5.74, 6) is -0.320. The van der Waals surface area contributed by atoms with Crippen molar-refractivity contribution in [2.75, 3.05) is 5.32 Å². The summed E-state index contributed by atoms with van der Waals surface area (Å²) in [6.07, 6.45) is 1.39. The Bertz CT molecular complexity index is 1060. The van der Waals surface area contributed by atoms with Crippen molar-refractivity contribution in [1.29, 1.82) is 0 Å². The highest BCUT2D eigenvalue weighted by molar-refractivity contribution is 7.19. The Kier molecular flexibility index (Phi) is 4.63. The molecule has 6 heteroatoms. The zero-order valence-electron chi connectivity index (χ0n) is 14.2. The molecule has 2 aromatic heterocycles. The Morgan fingerprint density at radius 1 is 0.889 bits per heavy atom. The number of aromatic amines is 1. The van der Waals surface area contributed by atoms with E-state index in [0.29, 0.717) is 10.7 Å². The average molecular weight is 373 g/mol. The van der Waals surface area contributed by atoms with Gasteiger partial charge in [0, 0.05) is 17.8 Å². The Morgan fingerprint density at radius 3 is 2.19 bits per heavy atom. The van der Waals surface area contributed by atoms with Crippen LogP contribution in [0.2, 0.25) is 0 Å². The van der Waals surface area contributed by atoms with Crippen LogP contribution < -0.4 is 10.9 Å². The molecule has 0 spiro atoms. The highest BCUT2D eigenvalue weighted by Gasteiger charge is 2.16. The summed E-state index contributed by atoms with van der Waals surface area (Å²) >= 11 is 1.42. The standard InChI is InChI=1S/C21H15N3O2S/c25-17-12-11-16(13-22-17)20(26)24-21-23-18(14-7-3-1-4-8-14)19(27-21)15-9-5-2-6-10-15/h1-13H,(H,22,25)(H,23,24,26). The largest absolute Gasteiger partial charge is 0.328 e. The molecule has 0 fully saturated rings. The maximum atomic E-state index is 12.5. The lowest BCUT2D eigenvalue weighted by molar-refractivity contribution is 0.102. The molecule has 132 valence electrons. The number of rotatable bonds is 4. The van der Waals surface area contributed by atoms with Gasteiger partial charge in [0.2, 0.25) is 5.56 Å². The molecular formula is C21H15N3O2S. The third kappa shape index (κ3) is 3.70. The van der Waals surface area contributed by atoms with Crippen molar-refractivity contribution in [1.82, 2.24) is 9.97 Å². The predicted octanol–water partition coefficient (Wildman–Crippen LogP) is 4.42. The van der Waals surface area contributed by atoms with Crippen molar-refractivity contribution < 1.29 is 4.79 Å². The van der Waals surface area contributed by atoms with Crippen LogP contribution in [0.25, 0.3) is 21.7 Å². The van der Waals surface area contributed by atoms with Crippen molar-refractivity contribution in [2.45, 2.75) is 0 Å². The molecule has 5 nitrogen and oxygen atoms in total. The fourth-order valence-corrected chi connectivity index (χ4v) is 3.66. The maximum Gasteiger partial charge on any atom is 0.258 e. The second-order valence-electron chi connectivity index (χ2n) is 5.82. The zero-order chi connectivity index (χ0) is 18.6. The molecule has 0 aliphatic heterocycles.